The van der Waals surface area contributed by atoms with Crippen LogP contribution in [0.5, 0.6) is 0 Å². The van der Waals surface area contributed by atoms with Crippen molar-refractivity contribution in [2.75, 3.05) is 10.2 Å². The van der Waals surface area contributed by atoms with Gasteiger partial charge in [0.15, 0.2) is 5.65 Å². The van der Waals surface area contributed by atoms with Gasteiger partial charge in [-0.25, -0.2) is 4.68 Å². The Labute approximate surface area is 173 Å². The molecule has 5 rings (SSSR count). The summed E-state index contributed by atoms with van der Waals surface area (Å²) in [5, 5.41) is 15.2. The van der Waals surface area contributed by atoms with Gasteiger partial charge in [0.25, 0.3) is 5.56 Å². The molecule has 9 heteroatoms. The second kappa shape index (κ2) is 7.23. The number of rotatable bonds is 5. The molecule has 2 aliphatic rings. The van der Waals surface area contributed by atoms with E-state index < -0.39 is 0 Å². The number of hydrogen-bond acceptors (Lipinski definition) is 6. The molecule has 0 aromatic carbocycles. The Kier molecular flexibility index (Phi) is 4.52. The first kappa shape index (κ1) is 18.8. The standard InChI is InChI=1S/C21H25N7O2/c1-13(2)21-17(28-15-4-5-16(28)7-6-15)9-20(30)27(25-21)11-19(29)23-14-3-8-18-24-22-12-26(18)10-14/h3,8-10,12-13,15-16H,4-7,11H2,1-2H3,(H,23,29). The molecule has 3 aromatic rings. The molecule has 0 unspecified atom stereocenters. The predicted molar refractivity (Wildman–Crippen MR) is 113 cm³/mol. The third kappa shape index (κ3) is 3.24. The van der Waals surface area contributed by atoms with E-state index in [9.17, 15) is 9.59 Å². The fourth-order valence-corrected chi connectivity index (χ4v) is 4.77. The third-order valence-corrected chi connectivity index (χ3v) is 6.15. The molecular weight excluding hydrogens is 382 g/mol. The highest BCUT2D eigenvalue weighted by atomic mass is 16.2. The Morgan fingerprint density at radius 1 is 1.20 bits per heavy atom. The van der Waals surface area contributed by atoms with Crippen LogP contribution in [0.2, 0.25) is 0 Å². The number of fused-ring (bicyclic) bond motifs is 3. The molecule has 0 radical (unpaired) electrons. The van der Waals surface area contributed by atoms with Crippen LogP contribution in [0, 0.1) is 0 Å². The van der Waals surface area contributed by atoms with Crippen molar-refractivity contribution in [3.05, 3.63) is 46.8 Å². The number of hydrogen-bond donors (Lipinski definition) is 1. The SMILES string of the molecule is CC(C)c1nn(CC(=O)Nc2ccc3nncn3c2)c(=O)cc1N1C2CCC1CC2. The lowest BCUT2D eigenvalue weighted by atomic mass is 10.0. The maximum Gasteiger partial charge on any atom is 0.269 e. The number of amides is 1. The summed E-state index contributed by atoms with van der Waals surface area (Å²) < 4.78 is 2.99. The van der Waals surface area contributed by atoms with E-state index in [1.165, 1.54) is 30.4 Å². The zero-order chi connectivity index (χ0) is 20.8. The van der Waals surface area contributed by atoms with Crippen LogP contribution < -0.4 is 15.8 Å². The van der Waals surface area contributed by atoms with Crippen molar-refractivity contribution in [1.29, 1.82) is 0 Å². The van der Waals surface area contributed by atoms with Crippen LogP contribution in [0.1, 0.15) is 51.1 Å². The number of pyridine rings is 1. The fraction of sp³-hybridized carbons (Fsp3) is 0.476. The van der Waals surface area contributed by atoms with E-state index in [0.717, 1.165) is 11.4 Å². The topological polar surface area (TPSA) is 97.4 Å². The van der Waals surface area contributed by atoms with Gasteiger partial charge in [0.2, 0.25) is 5.91 Å². The maximum atomic E-state index is 12.8. The fourth-order valence-electron chi connectivity index (χ4n) is 4.77. The molecule has 3 aromatic heterocycles. The van der Waals surface area contributed by atoms with Gasteiger partial charge in [-0.15, -0.1) is 10.2 Å². The van der Waals surface area contributed by atoms with E-state index in [4.69, 9.17) is 0 Å². The highest BCUT2D eigenvalue weighted by Gasteiger charge is 2.40. The summed E-state index contributed by atoms with van der Waals surface area (Å²) in [7, 11) is 0. The summed E-state index contributed by atoms with van der Waals surface area (Å²) in [6.07, 6.45) is 8.04. The van der Waals surface area contributed by atoms with Crippen LogP contribution in [0.3, 0.4) is 0 Å². The van der Waals surface area contributed by atoms with E-state index in [2.05, 4.69) is 39.4 Å². The molecule has 156 valence electrons. The average Bonchev–Trinajstić information content (AvgIpc) is 3.44. The third-order valence-electron chi connectivity index (χ3n) is 6.15. The van der Waals surface area contributed by atoms with Crippen LogP contribution in [0.25, 0.3) is 5.65 Å². The van der Waals surface area contributed by atoms with Gasteiger partial charge < -0.3 is 10.2 Å². The van der Waals surface area contributed by atoms with Crippen molar-refractivity contribution < 1.29 is 4.79 Å². The van der Waals surface area contributed by atoms with Crippen molar-refractivity contribution >= 4 is 22.9 Å². The van der Waals surface area contributed by atoms with E-state index in [1.54, 1.807) is 35.1 Å². The largest absolute Gasteiger partial charge is 0.364 e. The van der Waals surface area contributed by atoms with Crippen molar-refractivity contribution in [3.8, 4) is 0 Å². The monoisotopic (exact) mass is 407 g/mol. The van der Waals surface area contributed by atoms with Crippen molar-refractivity contribution in [3.63, 3.8) is 0 Å². The van der Waals surface area contributed by atoms with Crippen LogP contribution in [-0.2, 0) is 11.3 Å². The van der Waals surface area contributed by atoms with Crippen LogP contribution in [0.15, 0.2) is 35.5 Å². The lowest BCUT2D eigenvalue weighted by molar-refractivity contribution is -0.117. The molecule has 2 saturated heterocycles. The van der Waals surface area contributed by atoms with Gasteiger partial charge in [0, 0.05) is 24.3 Å². The van der Waals surface area contributed by atoms with Crippen LogP contribution in [-0.4, -0.2) is 42.4 Å². The Hall–Kier alpha value is -3.23. The van der Waals surface area contributed by atoms with Gasteiger partial charge >= 0.3 is 0 Å². The highest BCUT2D eigenvalue weighted by Crippen LogP contribution is 2.42. The maximum absolute atomic E-state index is 12.8. The van der Waals surface area contributed by atoms with E-state index in [1.807, 2.05) is 0 Å². The minimum Gasteiger partial charge on any atom is -0.364 e. The number of nitrogens with zero attached hydrogens (tertiary/aromatic N) is 6. The first-order valence-corrected chi connectivity index (χ1v) is 10.5. The molecule has 1 N–H and O–H groups in total. The average molecular weight is 407 g/mol. The summed E-state index contributed by atoms with van der Waals surface area (Å²) in [5.41, 5.74) is 2.89. The lowest BCUT2D eigenvalue weighted by Crippen LogP contribution is -2.35. The zero-order valence-corrected chi connectivity index (χ0v) is 17.2. The molecule has 0 saturated carbocycles. The summed E-state index contributed by atoms with van der Waals surface area (Å²) in [4.78, 5) is 27.8. The molecule has 2 bridgehead atoms. The molecule has 1 amide bonds. The normalized spacial score (nSPS) is 20.4. The first-order chi connectivity index (χ1) is 14.5. The Bertz CT molecular complexity index is 1150. The molecule has 0 aliphatic carbocycles. The lowest BCUT2D eigenvalue weighted by Gasteiger charge is -2.27. The first-order valence-electron chi connectivity index (χ1n) is 10.5. The van der Waals surface area contributed by atoms with Gasteiger partial charge in [0.1, 0.15) is 12.9 Å². The summed E-state index contributed by atoms with van der Waals surface area (Å²) in [6.45, 7) is 4.02. The van der Waals surface area contributed by atoms with Gasteiger partial charge in [-0.2, -0.15) is 5.10 Å². The highest BCUT2D eigenvalue weighted by molar-refractivity contribution is 5.90. The molecule has 2 fully saturated rings. The van der Waals surface area contributed by atoms with Crippen molar-refractivity contribution in [2.45, 2.75) is 64.1 Å². The van der Waals surface area contributed by atoms with E-state index in [-0.39, 0.29) is 23.9 Å². The smallest absolute Gasteiger partial charge is 0.269 e. The second-order valence-corrected chi connectivity index (χ2v) is 8.50. The van der Waals surface area contributed by atoms with Crippen molar-refractivity contribution in [2.24, 2.45) is 0 Å². The number of carbonyl (C=O) groups excluding carboxylic acids is 1. The Morgan fingerprint density at radius 3 is 2.63 bits per heavy atom. The summed E-state index contributed by atoms with van der Waals surface area (Å²) >= 11 is 0. The number of nitrogens with one attached hydrogen (secondary N) is 1. The molecule has 30 heavy (non-hydrogen) atoms. The Morgan fingerprint density at radius 2 is 1.93 bits per heavy atom. The zero-order valence-electron chi connectivity index (χ0n) is 17.2. The number of aromatic nitrogens is 5. The minimum atomic E-state index is -0.305. The minimum absolute atomic E-state index is 0.133. The summed E-state index contributed by atoms with van der Waals surface area (Å²) in [5.74, 6) is -0.146. The summed E-state index contributed by atoms with van der Waals surface area (Å²) in [6, 6.07) is 6.23. The van der Waals surface area contributed by atoms with Crippen molar-refractivity contribution in [1.82, 2.24) is 24.4 Å². The van der Waals surface area contributed by atoms with Gasteiger partial charge in [0.05, 0.1) is 17.1 Å². The molecular formula is C21H25N7O2. The van der Waals surface area contributed by atoms with Gasteiger partial charge in [-0.05, 0) is 43.7 Å². The molecule has 9 nitrogen and oxygen atoms in total. The van der Waals surface area contributed by atoms with Crippen LogP contribution >= 0.6 is 0 Å². The van der Waals surface area contributed by atoms with Crippen LogP contribution in [0.4, 0.5) is 11.4 Å². The molecule has 0 atom stereocenters. The number of carbonyl (C=O) groups is 1. The van der Waals surface area contributed by atoms with Gasteiger partial charge in [-0.3, -0.25) is 14.0 Å². The second-order valence-electron chi connectivity index (χ2n) is 8.50. The quantitative estimate of drug-likeness (QED) is 0.696. The van der Waals surface area contributed by atoms with E-state index in [0.29, 0.717) is 23.4 Å². The number of anilines is 2. The predicted octanol–water partition coefficient (Wildman–Crippen LogP) is 2.18. The molecule has 0 spiro atoms. The van der Waals surface area contributed by atoms with E-state index >= 15 is 0 Å². The van der Waals surface area contributed by atoms with Gasteiger partial charge in [-0.1, -0.05) is 13.8 Å². The molecule has 2 aliphatic heterocycles. The molecule has 5 heterocycles. The Balaban J connectivity index is 1.39.